The van der Waals surface area contributed by atoms with Gasteiger partial charge in [-0.2, -0.15) is 11.8 Å². The van der Waals surface area contributed by atoms with Crippen LogP contribution in [-0.2, 0) is 4.74 Å². The fourth-order valence-corrected chi connectivity index (χ4v) is 4.69. The number of carbonyl (C=O) groups excluding carboxylic acids is 1. The summed E-state index contributed by atoms with van der Waals surface area (Å²) in [6.45, 7) is 12.1. The second-order valence-corrected chi connectivity index (χ2v) is 9.91. The van der Waals surface area contributed by atoms with Gasteiger partial charge in [-0.25, -0.2) is 4.79 Å². The number of amides is 1. The standard InChI is InChI=1S/C20H38N4O2S/c1-5-21-18(23-14-17-9-7-13-27-17)22-11-10-16-8-6-12-24(15-16)19(25)26-20(2,3)4/h16-17H,5-15H2,1-4H3,(H2,21,22,23). The third-order valence-corrected chi connectivity index (χ3v) is 6.22. The number of guanidine groups is 1. The molecule has 0 spiro atoms. The first-order valence-corrected chi connectivity index (χ1v) is 11.5. The second-order valence-electron chi connectivity index (χ2n) is 8.50. The van der Waals surface area contributed by atoms with E-state index in [9.17, 15) is 4.79 Å². The molecule has 2 saturated heterocycles. The molecule has 1 amide bonds. The summed E-state index contributed by atoms with van der Waals surface area (Å²) in [5.74, 6) is 2.72. The van der Waals surface area contributed by atoms with Crippen LogP contribution < -0.4 is 10.6 Å². The second kappa shape index (κ2) is 11.0. The smallest absolute Gasteiger partial charge is 0.410 e. The molecule has 0 aromatic carbocycles. The zero-order chi connectivity index (χ0) is 19.7. The molecule has 2 rings (SSSR count). The van der Waals surface area contributed by atoms with Crippen molar-refractivity contribution in [3.8, 4) is 0 Å². The molecule has 7 heteroatoms. The van der Waals surface area contributed by atoms with Gasteiger partial charge in [0.05, 0.1) is 6.54 Å². The number of piperidine rings is 1. The number of ether oxygens (including phenoxy) is 1. The molecule has 0 aliphatic carbocycles. The molecule has 0 aromatic heterocycles. The lowest BCUT2D eigenvalue weighted by Crippen LogP contribution is -2.44. The van der Waals surface area contributed by atoms with Crippen LogP contribution >= 0.6 is 11.8 Å². The largest absolute Gasteiger partial charge is 0.444 e. The van der Waals surface area contributed by atoms with E-state index in [-0.39, 0.29) is 6.09 Å². The van der Waals surface area contributed by atoms with Gasteiger partial charge in [-0.1, -0.05) is 0 Å². The third-order valence-electron chi connectivity index (χ3n) is 4.84. The molecule has 2 heterocycles. The van der Waals surface area contributed by atoms with Crippen LogP contribution in [-0.4, -0.2) is 66.3 Å². The van der Waals surface area contributed by atoms with Gasteiger partial charge in [0, 0.05) is 31.4 Å². The Morgan fingerprint density at radius 1 is 1.26 bits per heavy atom. The van der Waals surface area contributed by atoms with Gasteiger partial charge in [0.1, 0.15) is 5.60 Å². The Morgan fingerprint density at radius 3 is 2.74 bits per heavy atom. The van der Waals surface area contributed by atoms with E-state index in [1.807, 2.05) is 37.4 Å². The Kier molecular flexibility index (Phi) is 9.06. The number of aliphatic imine (C=N–C) groups is 1. The average Bonchev–Trinajstić information content (AvgIpc) is 3.12. The lowest BCUT2D eigenvalue weighted by atomic mass is 9.95. The van der Waals surface area contributed by atoms with Gasteiger partial charge in [-0.3, -0.25) is 4.99 Å². The molecule has 2 unspecified atom stereocenters. The number of likely N-dealkylation sites (tertiary alicyclic amines) is 1. The summed E-state index contributed by atoms with van der Waals surface area (Å²) in [5, 5.41) is 7.49. The maximum atomic E-state index is 12.3. The molecular formula is C20H38N4O2S. The number of nitrogens with one attached hydrogen (secondary N) is 2. The minimum absolute atomic E-state index is 0.177. The normalized spacial score (nSPS) is 24.0. The molecular weight excluding hydrogens is 360 g/mol. The fourth-order valence-electron chi connectivity index (χ4n) is 3.51. The zero-order valence-electron chi connectivity index (χ0n) is 17.6. The monoisotopic (exact) mass is 398 g/mol. The third kappa shape index (κ3) is 8.62. The van der Waals surface area contributed by atoms with Gasteiger partial charge >= 0.3 is 6.09 Å². The molecule has 2 atom stereocenters. The highest BCUT2D eigenvalue weighted by molar-refractivity contribution is 8.00. The van der Waals surface area contributed by atoms with E-state index in [2.05, 4.69) is 17.6 Å². The Labute approximate surface area is 169 Å². The maximum Gasteiger partial charge on any atom is 0.410 e. The first kappa shape index (κ1) is 22.2. The van der Waals surface area contributed by atoms with E-state index in [1.165, 1.54) is 25.0 Å². The maximum absolute atomic E-state index is 12.3. The van der Waals surface area contributed by atoms with Crippen molar-refractivity contribution in [3.05, 3.63) is 0 Å². The first-order chi connectivity index (χ1) is 12.9. The van der Waals surface area contributed by atoms with E-state index >= 15 is 0 Å². The summed E-state index contributed by atoms with van der Waals surface area (Å²) in [5.41, 5.74) is -0.430. The van der Waals surface area contributed by atoms with Crippen molar-refractivity contribution in [2.24, 2.45) is 10.9 Å². The number of carbonyl (C=O) groups is 1. The van der Waals surface area contributed by atoms with Crippen molar-refractivity contribution in [3.63, 3.8) is 0 Å². The van der Waals surface area contributed by atoms with Gasteiger partial charge in [-0.05, 0) is 71.5 Å². The van der Waals surface area contributed by atoms with Gasteiger partial charge in [-0.15, -0.1) is 0 Å². The molecule has 0 bridgehead atoms. The minimum Gasteiger partial charge on any atom is -0.444 e. The lowest BCUT2D eigenvalue weighted by Gasteiger charge is -2.34. The summed E-state index contributed by atoms with van der Waals surface area (Å²) in [4.78, 5) is 18.9. The molecule has 0 aromatic rings. The minimum atomic E-state index is -0.430. The van der Waals surface area contributed by atoms with Crippen molar-refractivity contribution in [1.82, 2.24) is 15.5 Å². The number of thioether (sulfide) groups is 1. The van der Waals surface area contributed by atoms with Gasteiger partial charge in [0.2, 0.25) is 0 Å². The molecule has 2 aliphatic rings. The summed E-state index contributed by atoms with van der Waals surface area (Å²) in [6, 6.07) is 0. The van der Waals surface area contributed by atoms with Crippen LogP contribution in [0.25, 0.3) is 0 Å². The molecule has 2 aliphatic heterocycles. The zero-order valence-corrected chi connectivity index (χ0v) is 18.4. The quantitative estimate of drug-likeness (QED) is 0.530. The van der Waals surface area contributed by atoms with Crippen molar-refractivity contribution in [2.75, 3.05) is 38.5 Å². The molecule has 2 N–H and O–H groups in total. The van der Waals surface area contributed by atoms with E-state index in [0.29, 0.717) is 11.2 Å². The van der Waals surface area contributed by atoms with Gasteiger partial charge < -0.3 is 20.3 Å². The Hall–Kier alpha value is -1.11. The summed E-state index contributed by atoms with van der Waals surface area (Å²) >= 11 is 2.04. The Morgan fingerprint density at radius 2 is 2.07 bits per heavy atom. The van der Waals surface area contributed by atoms with Crippen molar-refractivity contribution in [2.45, 2.75) is 70.7 Å². The van der Waals surface area contributed by atoms with Crippen molar-refractivity contribution < 1.29 is 9.53 Å². The van der Waals surface area contributed by atoms with Crippen LogP contribution in [0.3, 0.4) is 0 Å². The summed E-state index contributed by atoms with van der Waals surface area (Å²) in [7, 11) is 0. The number of nitrogens with zero attached hydrogens (tertiary/aromatic N) is 2. The van der Waals surface area contributed by atoms with Crippen LogP contribution in [0.5, 0.6) is 0 Å². The topological polar surface area (TPSA) is 66.0 Å². The summed E-state index contributed by atoms with van der Waals surface area (Å²) < 4.78 is 5.52. The Bertz CT molecular complexity index is 487. The average molecular weight is 399 g/mol. The highest BCUT2D eigenvalue weighted by Gasteiger charge is 2.27. The molecule has 156 valence electrons. The molecule has 0 radical (unpaired) electrons. The van der Waals surface area contributed by atoms with Crippen LogP contribution in [0.15, 0.2) is 4.99 Å². The predicted molar refractivity (Wildman–Crippen MR) is 115 cm³/mol. The van der Waals surface area contributed by atoms with Crippen LogP contribution in [0.1, 0.15) is 59.8 Å². The highest BCUT2D eigenvalue weighted by Crippen LogP contribution is 2.26. The number of rotatable bonds is 6. The van der Waals surface area contributed by atoms with Gasteiger partial charge in [0.15, 0.2) is 5.96 Å². The molecule has 27 heavy (non-hydrogen) atoms. The number of hydrogen-bond donors (Lipinski definition) is 2. The molecule has 2 fully saturated rings. The van der Waals surface area contributed by atoms with Crippen molar-refractivity contribution >= 4 is 23.8 Å². The van der Waals surface area contributed by atoms with Crippen LogP contribution in [0.4, 0.5) is 4.79 Å². The Balaban J connectivity index is 1.73. The lowest BCUT2D eigenvalue weighted by molar-refractivity contribution is 0.0162. The SMILES string of the molecule is CCNC(=NCC1CCCS1)NCCC1CCCN(C(=O)OC(C)(C)C)C1. The number of hydrogen-bond acceptors (Lipinski definition) is 4. The van der Waals surface area contributed by atoms with E-state index < -0.39 is 5.60 Å². The van der Waals surface area contributed by atoms with E-state index in [4.69, 9.17) is 9.73 Å². The van der Waals surface area contributed by atoms with E-state index in [1.54, 1.807) is 0 Å². The van der Waals surface area contributed by atoms with Crippen LogP contribution in [0, 0.1) is 5.92 Å². The fraction of sp³-hybridized carbons (Fsp3) is 0.900. The van der Waals surface area contributed by atoms with Crippen LogP contribution in [0.2, 0.25) is 0 Å². The van der Waals surface area contributed by atoms with Gasteiger partial charge in [0.25, 0.3) is 0 Å². The molecule has 6 nitrogen and oxygen atoms in total. The molecule has 0 saturated carbocycles. The van der Waals surface area contributed by atoms with Crippen molar-refractivity contribution in [1.29, 1.82) is 0 Å². The predicted octanol–water partition coefficient (Wildman–Crippen LogP) is 3.47. The highest BCUT2D eigenvalue weighted by atomic mass is 32.2. The first-order valence-electron chi connectivity index (χ1n) is 10.5. The van der Waals surface area contributed by atoms with E-state index in [0.717, 1.165) is 51.5 Å². The summed E-state index contributed by atoms with van der Waals surface area (Å²) in [6.07, 6.45) is 5.71.